The number of carbonyl (C=O) groups excluding carboxylic acids is 1. The fraction of sp³-hybridized carbons (Fsp3) is 0.174. The maximum absolute atomic E-state index is 13.7. The van der Waals surface area contributed by atoms with E-state index in [1.165, 1.54) is 18.3 Å². The molecule has 0 radical (unpaired) electrons. The molecule has 0 unspecified atom stereocenters. The number of carbonyl (C=O) groups is 1. The van der Waals surface area contributed by atoms with Crippen LogP contribution in [-0.2, 0) is 17.5 Å². The minimum absolute atomic E-state index is 0.0331. The number of fused-ring (bicyclic) bond motifs is 1. The van der Waals surface area contributed by atoms with Crippen LogP contribution in [0.5, 0.6) is 11.5 Å². The van der Waals surface area contributed by atoms with Gasteiger partial charge in [0, 0.05) is 22.8 Å². The molecule has 3 heterocycles. The zero-order valence-electron chi connectivity index (χ0n) is 18.4. The predicted molar refractivity (Wildman–Crippen MR) is 121 cm³/mol. The van der Waals surface area contributed by atoms with Crippen molar-refractivity contribution < 1.29 is 27.4 Å². The van der Waals surface area contributed by atoms with Crippen molar-refractivity contribution in [2.45, 2.75) is 19.6 Å². The molecule has 1 aromatic carbocycles. The van der Waals surface area contributed by atoms with Crippen molar-refractivity contribution in [2.75, 3.05) is 6.61 Å². The van der Waals surface area contributed by atoms with E-state index in [1.807, 2.05) is 6.07 Å². The smallest absolute Gasteiger partial charge is 0.436 e. The molecule has 0 atom stereocenters. The summed E-state index contributed by atoms with van der Waals surface area (Å²) in [7, 11) is 0. The molecule has 4 rings (SSSR count). The van der Waals surface area contributed by atoms with E-state index in [0.717, 1.165) is 21.5 Å². The summed E-state index contributed by atoms with van der Waals surface area (Å²) in [5, 5.41) is 13.7. The van der Waals surface area contributed by atoms with Gasteiger partial charge < -0.3 is 14.0 Å². The van der Waals surface area contributed by atoms with E-state index in [9.17, 15) is 22.8 Å². The minimum atomic E-state index is -4.91. The van der Waals surface area contributed by atoms with Gasteiger partial charge in [-0.2, -0.15) is 23.5 Å². The van der Waals surface area contributed by atoms with Crippen LogP contribution in [0, 0.1) is 11.3 Å². The van der Waals surface area contributed by atoms with Crippen molar-refractivity contribution >= 4 is 28.7 Å². The fourth-order valence-corrected chi connectivity index (χ4v) is 3.63. The number of nitriles is 1. The quantitative estimate of drug-likeness (QED) is 0.367. The molecule has 13 heteroatoms. The highest BCUT2D eigenvalue weighted by molar-refractivity contribution is 6.30. The van der Waals surface area contributed by atoms with E-state index in [-0.39, 0.29) is 40.8 Å². The molecular formula is C23H15ClF3N5O4. The standard InChI is InChI=1S/C23H15ClF3N5O4/c1-2-35-22(34)32-20-16(4-3-6-29-20)18(30-32)12-31-7-5-17(23(25,26)27)19(21(31)33)36-15-9-13(11-28)8-14(24)10-15/h3-10H,2,12H2,1H3. The molecule has 0 amide bonds. The van der Waals surface area contributed by atoms with Crippen LogP contribution in [0.1, 0.15) is 23.7 Å². The van der Waals surface area contributed by atoms with Crippen LogP contribution in [0.2, 0.25) is 5.02 Å². The van der Waals surface area contributed by atoms with Crippen molar-refractivity contribution in [3.8, 4) is 17.6 Å². The molecule has 0 aliphatic heterocycles. The maximum atomic E-state index is 13.7. The zero-order valence-corrected chi connectivity index (χ0v) is 19.2. The molecular weight excluding hydrogens is 503 g/mol. The molecule has 0 bridgehead atoms. The Morgan fingerprint density at radius 1 is 1.25 bits per heavy atom. The lowest BCUT2D eigenvalue weighted by molar-refractivity contribution is -0.138. The normalized spacial score (nSPS) is 11.3. The van der Waals surface area contributed by atoms with E-state index in [4.69, 9.17) is 26.3 Å². The summed E-state index contributed by atoms with van der Waals surface area (Å²) >= 11 is 5.92. The number of alkyl halides is 3. The Morgan fingerprint density at radius 3 is 2.72 bits per heavy atom. The van der Waals surface area contributed by atoms with Crippen molar-refractivity contribution in [1.82, 2.24) is 19.3 Å². The first-order valence-electron chi connectivity index (χ1n) is 10.3. The van der Waals surface area contributed by atoms with Gasteiger partial charge in [0.2, 0.25) is 5.75 Å². The summed E-state index contributed by atoms with van der Waals surface area (Å²) in [6.45, 7) is 1.39. The van der Waals surface area contributed by atoms with Gasteiger partial charge in [0.05, 0.1) is 30.5 Å². The highest BCUT2D eigenvalue weighted by atomic mass is 35.5. The van der Waals surface area contributed by atoms with Crippen molar-refractivity contribution in [3.05, 3.63) is 81.0 Å². The molecule has 4 aromatic rings. The minimum Gasteiger partial charge on any atom is -0.451 e. The topological polar surface area (TPSA) is 112 Å². The van der Waals surface area contributed by atoms with Crippen LogP contribution in [0.15, 0.2) is 53.6 Å². The fourth-order valence-electron chi connectivity index (χ4n) is 3.41. The second-order valence-electron chi connectivity index (χ2n) is 7.31. The second kappa shape index (κ2) is 9.71. The molecule has 0 aliphatic carbocycles. The van der Waals surface area contributed by atoms with Gasteiger partial charge >= 0.3 is 12.3 Å². The number of halogens is 4. The highest BCUT2D eigenvalue weighted by Crippen LogP contribution is 2.36. The Balaban J connectivity index is 1.81. The Bertz CT molecular complexity index is 1570. The van der Waals surface area contributed by atoms with Gasteiger partial charge in [-0.3, -0.25) is 4.79 Å². The SMILES string of the molecule is CCOC(=O)n1nc(Cn2ccc(C(F)(F)F)c(Oc3cc(Cl)cc(C#N)c3)c2=O)c2cccnc21. The molecule has 9 nitrogen and oxygen atoms in total. The molecule has 0 aliphatic rings. The Morgan fingerprint density at radius 2 is 2.03 bits per heavy atom. The van der Waals surface area contributed by atoms with E-state index in [0.29, 0.717) is 11.5 Å². The largest absolute Gasteiger partial charge is 0.451 e. The van der Waals surface area contributed by atoms with Crippen LogP contribution in [0.3, 0.4) is 0 Å². The lowest BCUT2D eigenvalue weighted by atomic mass is 10.2. The summed E-state index contributed by atoms with van der Waals surface area (Å²) < 4.78 is 53.3. The number of hydrogen-bond donors (Lipinski definition) is 0. The summed E-state index contributed by atoms with van der Waals surface area (Å²) in [6.07, 6.45) is -3.33. The average Bonchev–Trinajstić information content (AvgIpc) is 3.19. The molecule has 3 aromatic heterocycles. The third-order valence-electron chi connectivity index (χ3n) is 4.93. The lowest BCUT2D eigenvalue weighted by Crippen LogP contribution is -2.25. The summed E-state index contributed by atoms with van der Waals surface area (Å²) in [5.74, 6) is -1.23. The monoisotopic (exact) mass is 517 g/mol. The van der Waals surface area contributed by atoms with Gasteiger partial charge in [0.1, 0.15) is 11.3 Å². The van der Waals surface area contributed by atoms with Crippen molar-refractivity contribution in [2.24, 2.45) is 0 Å². The Hall–Kier alpha value is -4.37. The molecule has 0 saturated heterocycles. The van der Waals surface area contributed by atoms with Gasteiger partial charge in [0.25, 0.3) is 5.56 Å². The first-order chi connectivity index (χ1) is 17.1. The van der Waals surface area contributed by atoms with Crippen LogP contribution in [0.25, 0.3) is 11.0 Å². The second-order valence-corrected chi connectivity index (χ2v) is 7.75. The molecule has 0 fully saturated rings. The number of benzene rings is 1. The van der Waals surface area contributed by atoms with Crippen LogP contribution in [-0.4, -0.2) is 32.0 Å². The number of hydrogen-bond acceptors (Lipinski definition) is 7. The van der Waals surface area contributed by atoms with Crippen molar-refractivity contribution in [1.29, 1.82) is 5.26 Å². The Labute approximate surface area is 205 Å². The molecule has 0 spiro atoms. The molecule has 36 heavy (non-hydrogen) atoms. The van der Waals surface area contributed by atoms with Gasteiger partial charge in [-0.25, -0.2) is 9.78 Å². The van der Waals surface area contributed by atoms with Gasteiger partial charge in [-0.05, 0) is 43.3 Å². The van der Waals surface area contributed by atoms with E-state index < -0.39 is 29.1 Å². The number of rotatable bonds is 5. The number of nitrogens with zero attached hydrogens (tertiary/aromatic N) is 5. The predicted octanol–water partition coefficient (Wildman–Crippen LogP) is 4.98. The van der Waals surface area contributed by atoms with Crippen LogP contribution >= 0.6 is 11.6 Å². The summed E-state index contributed by atoms with van der Waals surface area (Å²) in [6, 6.07) is 9.31. The summed E-state index contributed by atoms with van der Waals surface area (Å²) in [5.41, 5.74) is -2.05. The average molecular weight is 518 g/mol. The van der Waals surface area contributed by atoms with Gasteiger partial charge in [0.15, 0.2) is 5.65 Å². The first-order valence-corrected chi connectivity index (χ1v) is 10.7. The third kappa shape index (κ3) is 4.87. The Kier molecular flexibility index (Phi) is 6.67. The zero-order chi connectivity index (χ0) is 26.0. The first kappa shape index (κ1) is 24.7. The van der Waals surface area contributed by atoms with Gasteiger partial charge in [-0.1, -0.05) is 11.6 Å². The van der Waals surface area contributed by atoms with E-state index in [1.54, 1.807) is 19.1 Å². The number of aromatic nitrogens is 4. The third-order valence-corrected chi connectivity index (χ3v) is 5.14. The van der Waals surface area contributed by atoms with Gasteiger partial charge in [-0.15, -0.1) is 4.68 Å². The number of pyridine rings is 2. The van der Waals surface area contributed by atoms with Crippen LogP contribution in [0.4, 0.5) is 18.0 Å². The van der Waals surface area contributed by atoms with Crippen molar-refractivity contribution in [3.63, 3.8) is 0 Å². The maximum Gasteiger partial charge on any atom is 0.436 e. The number of ether oxygens (including phenoxy) is 2. The van der Waals surface area contributed by atoms with E-state index in [2.05, 4.69) is 10.1 Å². The van der Waals surface area contributed by atoms with Crippen LogP contribution < -0.4 is 10.3 Å². The highest BCUT2D eigenvalue weighted by Gasteiger charge is 2.36. The van der Waals surface area contributed by atoms with E-state index >= 15 is 0 Å². The molecule has 0 saturated carbocycles. The molecule has 184 valence electrons. The summed E-state index contributed by atoms with van der Waals surface area (Å²) in [4.78, 5) is 29.5. The molecule has 0 N–H and O–H groups in total. The lowest BCUT2D eigenvalue weighted by Gasteiger charge is -2.15.